The van der Waals surface area contributed by atoms with Crippen LogP contribution in [0, 0.1) is 12.8 Å². The van der Waals surface area contributed by atoms with E-state index in [1.54, 1.807) is 18.8 Å². The van der Waals surface area contributed by atoms with Crippen LogP contribution in [-0.2, 0) is 19.4 Å². The van der Waals surface area contributed by atoms with Gasteiger partial charge in [-0.2, -0.15) is 0 Å². The largest absolute Gasteiger partial charge is 0.493 e. The summed E-state index contributed by atoms with van der Waals surface area (Å²) in [6.07, 6.45) is 4.54. The first-order valence-electron chi connectivity index (χ1n) is 11.0. The number of methoxy groups -OCH3 is 2. The number of aromatic nitrogens is 4. The number of benzene rings is 1. The van der Waals surface area contributed by atoms with Crippen LogP contribution in [0.5, 0.6) is 11.5 Å². The van der Waals surface area contributed by atoms with E-state index in [1.165, 1.54) is 6.33 Å². The summed E-state index contributed by atoms with van der Waals surface area (Å²) in [6, 6.07) is 7.49. The molecular weight excluding hydrogens is 420 g/mol. The minimum Gasteiger partial charge on any atom is -0.493 e. The van der Waals surface area contributed by atoms with Gasteiger partial charge in [0, 0.05) is 5.69 Å². The topological polar surface area (TPSA) is 92.3 Å². The molecule has 4 aromatic rings. The lowest BCUT2D eigenvalue weighted by Gasteiger charge is -2.20. The number of fused-ring (bicyclic) bond motifs is 2. The lowest BCUT2D eigenvalue weighted by molar-refractivity contribution is 0.355. The van der Waals surface area contributed by atoms with E-state index in [0.717, 1.165) is 30.5 Å². The van der Waals surface area contributed by atoms with Crippen LogP contribution in [0.25, 0.3) is 22.5 Å². The van der Waals surface area contributed by atoms with Crippen molar-refractivity contribution in [2.75, 3.05) is 14.2 Å². The maximum absolute atomic E-state index is 13.3. The van der Waals surface area contributed by atoms with Crippen LogP contribution in [0.1, 0.15) is 36.1 Å². The Morgan fingerprint density at radius 3 is 2.85 bits per heavy atom. The zero-order valence-electron chi connectivity index (χ0n) is 19.2. The molecule has 0 saturated heterocycles. The van der Waals surface area contributed by atoms with Gasteiger partial charge < -0.3 is 13.9 Å². The summed E-state index contributed by atoms with van der Waals surface area (Å²) in [4.78, 5) is 27.1. The Hall–Kier alpha value is -3.68. The highest BCUT2D eigenvalue weighted by molar-refractivity contribution is 5.74. The number of rotatable bonds is 5. The molecule has 3 aromatic heterocycles. The van der Waals surface area contributed by atoms with Gasteiger partial charge in [0.15, 0.2) is 17.1 Å². The van der Waals surface area contributed by atoms with Crippen molar-refractivity contribution in [1.82, 2.24) is 19.5 Å². The molecule has 0 aliphatic heterocycles. The van der Waals surface area contributed by atoms with Crippen LogP contribution >= 0.6 is 0 Å². The van der Waals surface area contributed by atoms with Crippen LogP contribution in [0.3, 0.4) is 0 Å². The van der Waals surface area contributed by atoms with E-state index >= 15 is 0 Å². The summed E-state index contributed by atoms with van der Waals surface area (Å²) in [5, 5.41) is 0.543. The van der Waals surface area contributed by atoms with E-state index in [1.807, 2.05) is 31.2 Å². The number of nitrogens with zero attached hydrogens (tertiary/aromatic N) is 4. The van der Waals surface area contributed by atoms with Gasteiger partial charge in [0.2, 0.25) is 5.89 Å². The van der Waals surface area contributed by atoms with Gasteiger partial charge in [0.1, 0.15) is 17.8 Å². The fourth-order valence-electron chi connectivity index (χ4n) is 4.44. The van der Waals surface area contributed by atoms with Crippen molar-refractivity contribution in [2.24, 2.45) is 5.92 Å². The van der Waals surface area contributed by atoms with Crippen molar-refractivity contribution in [3.05, 3.63) is 63.7 Å². The fourth-order valence-corrected chi connectivity index (χ4v) is 4.44. The number of oxazole rings is 1. The van der Waals surface area contributed by atoms with Crippen molar-refractivity contribution in [3.63, 3.8) is 0 Å². The third-order valence-electron chi connectivity index (χ3n) is 6.27. The molecule has 1 unspecified atom stereocenters. The van der Waals surface area contributed by atoms with Gasteiger partial charge in [-0.05, 0) is 55.9 Å². The molecule has 5 rings (SSSR count). The van der Waals surface area contributed by atoms with Crippen molar-refractivity contribution >= 4 is 11.0 Å². The molecule has 0 saturated carbocycles. The van der Waals surface area contributed by atoms with Crippen LogP contribution in [0.4, 0.5) is 0 Å². The molecule has 1 atom stereocenters. The van der Waals surface area contributed by atoms with Crippen molar-refractivity contribution in [3.8, 4) is 23.0 Å². The number of hydrogen-bond donors (Lipinski definition) is 0. The quantitative estimate of drug-likeness (QED) is 0.458. The third-order valence-corrected chi connectivity index (χ3v) is 6.27. The molecule has 0 radical (unpaired) electrons. The zero-order valence-corrected chi connectivity index (χ0v) is 19.2. The molecule has 0 fully saturated rings. The molecular formula is C25H26N4O4. The number of aryl methyl sites for hydroxylation is 2. The highest BCUT2D eigenvalue weighted by atomic mass is 16.5. The summed E-state index contributed by atoms with van der Waals surface area (Å²) >= 11 is 0. The predicted molar refractivity (Wildman–Crippen MR) is 124 cm³/mol. The van der Waals surface area contributed by atoms with E-state index in [-0.39, 0.29) is 12.1 Å². The molecule has 0 amide bonds. The Kier molecular flexibility index (Phi) is 5.36. The minimum atomic E-state index is -0.128. The average Bonchev–Trinajstić information content (AvgIpc) is 3.19. The van der Waals surface area contributed by atoms with E-state index in [9.17, 15) is 4.79 Å². The smallest absolute Gasteiger partial charge is 0.263 e. The average molecular weight is 447 g/mol. The number of para-hydroxylation sites is 1. The lowest BCUT2D eigenvalue weighted by atomic mass is 9.87. The van der Waals surface area contributed by atoms with E-state index < -0.39 is 0 Å². The fraction of sp³-hybridized carbons (Fsp3) is 0.360. The van der Waals surface area contributed by atoms with Gasteiger partial charge in [-0.25, -0.2) is 15.0 Å². The van der Waals surface area contributed by atoms with Crippen LogP contribution in [0.2, 0.25) is 0 Å². The SMILES string of the molecule is COc1cccc(-c2nc(Cn3cnc4nc5c(cc4c3=O)CC(C)CC5)c(C)o2)c1OC. The summed E-state index contributed by atoms with van der Waals surface area (Å²) in [7, 11) is 3.16. The van der Waals surface area contributed by atoms with Crippen LogP contribution < -0.4 is 15.0 Å². The monoisotopic (exact) mass is 446 g/mol. The maximum atomic E-state index is 13.3. The van der Waals surface area contributed by atoms with Crippen molar-refractivity contribution in [1.29, 1.82) is 0 Å². The standard InChI is InChI=1S/C25H26N4O4/c1-14-8-9-19-16(10-14)11-18-23(27-19)26-13-29(25(18)30)12-20-15(2)33-24(28-20)17-6-5-7-21(31-3)22(17)32-4/h5-7,11,13-14H,8-10,12H2,1-4H3. The van der Waals surface area contributed by atoms with Crippen LogP contribution in [0.15, 0.2) is 39.8 Å². The molecule has 3 heterocycles. The second-order valence-electron chi connectivity index (χ2n) is 8.55. The molecule has 1 aromatic carbocycles. The molecule has 1 aliphatic rings. The van der Waals surface area contributed by atoms with Gasteiger partial charge in [-0.15, -0.1) is 0 Å². The Morgan fingerprint density at radius 1 is 1.21 bits per heavy atom. The molecule has 8 heteroatoms. The molecule has 1 aliphatic carbocycles. The van der Waals surface area contributed by atoms with E-state index in [4.69, 9.17) is 13.9 Å². The van der Waals surface area contributed by atoms with Crippen molar-refractivity contribution < 1.29 is 13.9 Å². The number of hydrogen-bond acceptors (Lipinski definition) is 7. The molecule has 8 nitrogen and oxygen atoms in total. The first-order valence-corrected chi connectivity index (χ1v) is 11.0. The summed E-state index contributed by atoms with van der Waals surface area (Å²) in [5.74, 6) is 2.76. The normalized spacial score (nSPS) is 15.5. The Bertz CT molecular complexity index is 1410. The van der Waals surface area contributed by atoms with E-state index in [2.05, 4.69) is 21.9 Å². The molecule has 170 valence electrons. The first-order chi connectivity index (χ1) is 16.0. The molecule has 0 N–H and O–H groups in total. The predicted octanol–water partition coefficient (Wildman–Crippen LogP) is 3.95. The maximum Gasteiger partial charge on any atom is 0.263 e. The Balaban J connectivity index is 1.52. The summed E-state index contributed by atoms with van der Waals surface area (Å²) < 4.78 is 18.4. The second-order valence-corrected chi connectivity index (χ2v) is 8.55. The highest BCUT2D eigenvalue weighted by Gasteiger charge is 2.21. The van der Waals surface area contributed by atoms with E-state index in [0.29, 0.717) is 51.4 Å². The number of ether oxygens (including phenoxy) is 2. The summed E-state index contributed by atoms with van der Waals surface area (Å²) in [6.45, 7) is 4.31. The second kappa shape index (κ2) is 8.35. The van der Waals surface area contributed by atoms with Crippen molar-refractivity contribution in [2.45, 2.75) is 39.7 Å². The Morgan fingerprint density at radius 2 is 2.06 bits per heavy atom. The van der Waals surface area contributed by atoms with Crippen LogP contribution in [-0.4, -0.2) is 33.7 Å². The van der Waals surface area contributed by atoms with Gasteiger partial charge in [0.25, 0.3) is 5.56 Å². The van der Waals surface area contributed by atoms with Gasteiger partial charge >= 0.3 is 0 Å². The third kappa shape index (κ3) is 3.75. The molecule has 0 spiro atoms. The zero-order chi connectivity index (χ0) is 23.1. The first kappa shape index (κ1) is 21.2. The summed E-state index contributed by atoms with van der Waals surface area (Å²) in [5.41, 5.74) is 3.93. The van der Waals surface area contributed by atoms with Gasteiger partial charge in [-0.3, -0.25) is 9.36 Å². The number of pyridine rings is 1. The molecule has 33 heavy (non-hydrogen) atoms. The van der Waals surface area contributed by atoms with Gasteiger partial charge in [-0.1, -0.05) is 13.0 Å². The highest BCUT2D eigenvalue weighted by Crippen LogP contribution is 2.38. The minimum absolute atomic E-state index is 0.128. The Labute approximate surface area is 191 Å². The lowest BCUT2D eigenvalue weighted by Crippen LogP contribution is -2.23. The van der Waals surface area contributed by atoms with Gasteiger partial charge in [0.05, 0.1) is 31.7 Å². The molecule has 0 bridgehead atoms.